The fourth-order valence-electron chi connectivity index (χ4n) is 2.26. The Kier molecular flexibility index (Phi) is 4.85. The quantitative estimate of drug-likeness (QED) is 0.636. The molecule has 2 aromatic rings. The molecule has 0 saturated carbocycles. The Morgan fingerprint density at radius 2 is 2.04 bits per heavy atom. The molecule has 7 heteroatoms. The van der Waals surface area contributed by atoms with Gasteiger partial charge in [-0.1, -0.05) is 30.0 Å². The number of aliphatic imine (C=N–C) groups is 1. The molecule has 0 aliphatic carbocycles. The molecule has 0 radical (unpaired) electrons. The Morgan fingerprint density at radius 3 is 2.80 bits per heavy atom. The molecule has 0 bridgehead atoms. The van der Waals surface area contributed by atoms with Gasteiger partial charge < -0.3 is 9.84 Å². The number of benzene rings is 2. The third-order valence-corrected chi connectivity index (χ3v) is 4.36. The highest BCUT2D eigenvalue weighted by Gasteiger charge is 2.15. The van der Waals surface area contributed by atoms with Gasteiger partial charge in [0, 0.05) is 11.0 Å². The molecule has 0 aromatic heterocycles. The van der Waals surface area contributed by atoms with Gasteiger partial charge in [-0.2, -0.15) is 0 Å². The van der Waals surface area contributed by atoms with E-state index in [1.165, 1.54) is 24.9 Å². The van der Waals surface area contributed by atoms with E-state index in [2.05, 4.69) is 4.99 Å². The number of ether oxygens (including phenoxy) is 1. The first-order chi connectivity index (χ1) is 12.1. The van der Waals surface area contributed by atoms with Gasteiger partial charge in [0.2, 0.25) is 0 Å². The van der Waals surface area contributed by atoms with Crippen LogP contribution in [0.15, 0.2) is 64.5 Å². The van der Waals surface area contributed by atoms with Crippen LogP contribution in [-0.2, 0) is 0 Å². The van der Waals surface area contributed by atoms with Gasteiger partial charge >= 0.3 is 0 Å². The monoisotopic (exact) mass is 354 g/mol. The van der Waals surface area contributed by atoms with Gasteiger partial charge in [0.1, 0.15) is 10.7 Å². The first-order valence-electron chi connectivity index (χ1n) is 7.33. The van der Waals surface area contributed by atoms with Crippen LogP contribution in [-0.4, -0.2) is 22.2 Å². The number of phenolic OH excluding ortho intramolecular Hbond substituents is 1. The fourth-order valence-corrected chi connectivity index (χ4v) is 3.11. The van der Waals surface area contributed by atoms with Crippen LogP contribution >= 0.6 is 11.8 Å². The lowest BCUT2D eigenvalue weighted by atomic mass is 10.2. The highest BCUT2D eigenvalue weighted by molar-refractivity contribution is 8.18. The lowest BCUT2D eigenvalue weighted by Gasteiger charge is -2.04. The van der Waals surface area contributed by atoms with E-state index in [0.717, 1.165) is 10.5 Å². The number of nitro groups is 1. The Labute approximate surface area is 148 Å². The van der Waals surface area contributed by atoms with E-state index >= 15 is 0 Å². The van der Waals surface area contributed by atoms with Gasteiger partial charge in [0.25, 0.3) is 5.69 Å². The number of allylic oxidation sites excluding steroid dienone is 1. The minimum atomic E-state index is -0.442. The van der Waals surface area contributed by atoms with Gasteiger partial charge in [-0.3, -0.25) is 10.1 Å². The summed E-state index contributed by atoms with van der Waals surface area (Å²) in [4.78, 5) is 15.9. The van der Waals surface area contributed by atoms with Crippen LogP contribution < -0.4 is 4.74 Å². The summed E-state index contributed by atoms with van der Waals surface area (Å²) in [7, 11) is 1.49. The predicted molar refractivity (Wildman–Crippen MR) is 99.6 cm³/mol. The van der Waals surface area contributed by atoms with Crippen molar-refractivity contribution in [2.75, 3.05) is 7.11 Å². The van der Waals surface area contributed by atoms with Gasteiger partial charge in [0.15, 0.2) is 11.5 Å². The largest absolute Gasteiger partial charge is 0.504 e. The van der Waals surface area contributed by atoms with E-state index in [1.54, 1.807) is 36.4 Å². The smallest absolute Gasteiger partial charge is 0.294 e. The molecular weight excluding hydrogens is 340 g/mol. The van der Waals surface area contributed by atoms with Gasteiger partial charge in [-0.25, -0.2) is 4.99 Å². The van der Waals surface area contributed by atoms with Gasteiger partial charge in [0.05, 0.1) is 12.0 Å². The molecule has 0 atom stereocenters. The van der Waals surface area contributed by atoms with E-state index in [9.17, 15) is 15.2 Å². The van der Waals surface area contributed by atoms with Crippen LogP contribution in [0.5, 0.6) is 11.5 Å². The molecule has 2 aromatic carbocycles. The molecule has 0 fully saturated rings. The zero-order valence-electron chi connectivity index (χ0n) is 13.2. The summed E-state index contributed by atoms with van der Waals surface area (Å²) in [6.07, 6.45) is 5.62. The Morgan fingerprint density at radius 1 is 1.24 bits per heavy atom. The average Bonchev–Trinajstić information content (AvgIpc) is 3.04. The minimum absolute atomic E-state index is 0.0234. The van der Waals surface area contributed by atoms with E-state index < -0.39 is 4.92 Å². The Hall–Kier alpha value is -3.06. The molecule has 6 nitrogen and oxygen atoms in total. The number of rotatable bonds is 4. The van der Waals surface area contributed by atoms with Crippen molar-refractivity contribution in [2.45, 2.75) is 0 Å². The normalized spacial score (nSPS) is 16.5. The number of thioether (sulfide) groups is 1. The number of nitro benzene ring substituents is 1. The molecule has 0 saturated heterocycles. The Bertz CT molecular complexity index is 919. The zero-order valence-corrected chi connectivity index (χ0v) is 14.1. The predicted octanol–water partition coefficient (Wildman–Crippen LogP) is 4.68. The first kappa shape index (κ1) is 16.8. The standard InChI is InChI=1S/C18H14N2O4S/c1-24-17-11-12(6-8-16(17)21)10-13-7-9-18(25-13)19-14-4-2-3-5-15(14)20(22)23/h2-11,21H,1H3. The molecular formula is C18H14N2O4S. The summed E-state index contributed by atoms with van der Waals surface area (Å²) in [5.74, 6) is 0.480. The molecule has 25 heavy (non-hydrogen) atoms. The summed E-state index contributed by atoms with van der Waals surface area (Å²) >= 11 is 1.41. The van der Waals surface area contributed by atoms with E-state index in [4.69, 9.17) is 4.74 Å². The maximum Gasteiger partial charge on any atom is 0.294 e. The van der Waals surface area contributed by atoms with Crippen LogP contribution in [0.4, 0.5) is 11.4 Å². The SMILES string of the molecule is COc1cc(C=C2C=CC(=Nc3ccccc3[N+](=O)[O-])S2)ccc1O. The highest BCUT2D eigenvalue weighted by Crippen LogP contribution is 2.34. The van der Waals surface area contributed by atoms with Crippen molar-refractivity contribution in [3.63, 3.8) is 0 Å². The van der Waals surface area contributed by atoms with Crippen molar-refractivity contribution in [3.05, 3.63) is 75.2 Å². The summed E-state index contributed by atoms with van der Waals surface area (Å²) in [6, 6.07) is 11.5. The molecule has 0 amide bonds. The molecule has 1 heterocycles. The van der Waals surface area contributed by atoms with Crippen molar-refractivity contribution in [3.8, 4) is 11.5 Å². The molecule has 3 rings (SSSR count). The number of aromatic hydroxyl groups is 1. The van der Waals surface area contributed by atoms with E-state index in [0.29, 0.717) is 16.5 Å². The zero-order chi connectivity index (χ0) is 17.8. The van der Waals surface area contributed by atoms with Crippen molar-refractivity contribution in [2.24, 2.45) is 4.99 Å². The molecule has 0 spiro atoms. The molecule has 0 unspecified atom stereocenters. The van der Waals surface area contributed by atoms with Crippen LogP contribution in [0.3, 0.4) is 0 Å². The summed E-state index contributed by atoms with van der Waals surface area (Å²) < 4.78 is 5.09. The number of nitrogens with zero attached hydrogens (tertiary/aromatic N) is 2. The van der Waals surface area contributed by atoms with Crippen molar-refractivity contribution >= 4 is 34.3 Å². The molecule has 126 valence electrons. The van der Waals surface area contributed by atoms with Crippen molar-refractivity contribution in [1.29, 1.82) is 0 Å². The second-order valence-electron chi connectivity index (χ2n) is 5.11. The molecule has 1 aliphatic rings. The second-order valence-corrected chi connectivity index (χ2v) is 6.20. The van der Waals surface area contributed by atoms with E-state index in [-0.39, 0.29) is 11.4 Å². The third-order valence-electron chi connectivity index (χ3n) is 3.43. The van der Waals surface area contributed by atoms with Gasteiger partial charge in [-0.15, -0.1) is 0 Å². The van der Waals surface area contributed by atoms with Crippen molar-refractivity contribution in [1.82, 2.24) is 0 Å². The van der Waals surface area contributed by atoms with E-state index in [1.807, 2.05) is 18.2 Å². The summed E-state index contributed by atoms with van der Waals surface area (Å²) in [5.41, 5.74) is 1.17. The number of hydrogen-bond donors (Lipinski definition) is 1. The number of para-hydroxylation sites is 2. The third kappa shape index (κ3) is 3.89. The van der Waals surface area contributed by atoms with Crippen LogP contribution in [0, 0.1) is 10.1 Å². The second kappa shape index (κ2) is 7.23. The molecule has 1 N–H and O–H groups in total. The number of phenols is 1. The summed E-state index contributed by atoms with van der Waals surface area (Å²) in [5, 5.41) is 21.4. The van der Waals surface area contributed by atoms with Gasteiger partial charge in [-0.05, 0) is 42.0 Å². The maximum absolute atomic E-state index is 11.1. The lowest BCUT2D eigenvalue weighted by Crippen LogP contribution is -1.89. The number of methoxy groups -OCH3 is 1. The minimum Gasteiger partial charge on any atom is -0.504 e. The first-order valence-corrected chi connectivity index (χ1v) is 8.15. The van der Waals surface area contributed by atoms with Crippen molar-refractivity contribution < 1.29 is 14.8 Å². The number of hydrogen-bond acceptors (Lipinski definition) is 6. The van der Waals surface area contributed by atoms with Crippen LogP contribution in [0.25, 0.3) is 6.08 Å². The fraction of sp³-hybridized carbons (Fsp3) is 0.0556. The highest BCUT2D eigenvalue weighted by atomic mass is 32.2. The van der Waals surface area contributed by atoms with Crippen LogP contribution in [0.1, 0.15) is 5.56 Å². The molecule has 1 aliphatic heterocycles. The topological polar surface area (TPSA) is 85.0 Å². The van der Waals surface area contributed by atoms with Crippen LogP contribution in [0.2, 0.25) is 0 Å². The Balaban J connectivity index is 1.83. The summed E-state index contributed by atoms with van der Waals surface area (Å²) in [6.45, 7) is 0. The maximum atomic E-state index is 11.1. The average molecular weight is 354 g/mol. The lowest BCUT2D eigenvalue weighted by molar-refractivity contribution is -0.384.